The molecular formula is C19H14N2O3. The second-order valence-electron chi connectivity index (χ2n) is 5.50. The zero-order valence-electron chi connectivity index (χ0n) is 12.9. The first kappa shape index (κ1) is 14.3. The average Bonchev–Trinajstić information content (AvgIpc) is 2.99. The number of hydrogen-bond acceptors (Lipinski definition) is 4. The zero-order valence-corrected chi connectivity index (χ0v) is 12.9. The molecule has 0 amide bonds. The van der Waals surface area contributed by atoms with Crippen LogP contribution >= 0.6 is 0 Å². The summed E-state index contributed by atoms with van der Waals surface area (Å²) in [6, 6.07) is 14.2. The highest BCUT2D eigenvalue weighted by atomic mass is 16.5. The van der Waals surface area contributed by atoms with Crippen molar-refractivity contribution in [2.75, 3.05) is 7.11 Å². The van der Waals surface area contributed by atoms with Gasteiger partial charge in [-0.1, -0.05) is 18.2 Å². The van der Waals surface area contributed by atoms with E-state index in [4.69, 9.17) is 4.74 Å². The molecule has 0 saturated heterocycles. The number of hydrogen-bond donors (Lipinski definition) is 2. The number of ketones is 1. The van der Waals surface area contributed by atoms with Crippen molar-refractivity contribution in [1.29, 1.82) is 0 Å². The molecule has 0 unspecified atom stereocenters. The molecule has 0 fully saturated rings. The molecule has 5 heteroatoms. The molecular weight excluding hydrogens is 304 g/mol. The van der Waals surface area contributed by atoms with Crippen molar-refractivity contribution < 1.29 is 14.6 Å². The van der Waals surface area contributed by atoms with Gasteiger partial charge in [-0.2, -0.15) is 0 Å². The van der Waals surface area contributed by atoms with Gasteiger partial charge in [0.2, 0.25) is 0 Å². The molecule has 118 valence electrons. The highest BCUT2D eigenvalue weighted by Gasteiger charge is 2.16. The smallest absolute Gasteiger partial charge is 0.198 e. The number of nitrogens with one attached hydrogen (secondary N) is 1. The summed E-state index contributed by atoms with van der Waals surface area (Å²) < 4.78 is 5.04. The first-order valence-corrected chi connectivity index (χ1v) is 7.45. The van der Waals surface area contributed by atoms with Crippen LogP contribution in [0.2, 0.25) is 0 Å². The van der Waals surface area contributed by atoms with E-state index in [0.717, 1.165) is 21.9 Å². The van der Waals surface area contributed by atoms with Gasteiger partial charge in [-0.25, -0.2) is 4.98 Å². The van der Waals surface area contributed by atoms with Crippen molar-refractivity contribution in [1.82, 2.24) is 9.97 Å². The van der Waals surface area contributed by atoms with Crippen LogP contribution < -0.4 is 4.74 Å². The van der Waals surface area contributed by atoms with Crippen molar-refractivity contribution in [2.45, 2.75) is 0 Å². The number of phenolic OH excluding ortho intramolecular Hbond substituents is 1. The van der Waals surface area contributed by atoms with Gasteiger partial charge >= 0.3 is 0 Å². The number of methoxy groups -OCH3 is 1. The fourth-order valence-electron chi connectivity index (χ4n) is 2.83. The number of ether oxygens (including phenoxy) is 1. The van der Waals surface area contributed by atoms with Gasteiger partial charge in [0.1, 0.15) is 17.1 Å². The van der Waals surface area contributed by atoms with Crippen molar-refractivity contribution in [3.63, 3.8) is 0 Å². The molecule has 0 saturated carbocycles. The van der Waals surface area contributed by atoms with Gasteiger partial charge in [0.25, 0.3) is 0 Å². The van der Waals surface area contributed by atoms with Gasteiger partial charge in [0, 0.05) is 34.1 Å². The molecule has 24 heavy (non-hydrogen) atoms. The summed E-state index contributed by atoms with van der Waals surface area (Å²) in [6.45, 7) is 0. The number of benzene rings is 2. The van der Waals surface area contributed by atoms with Gasteiger partial charge < -0.3 is 14.8 Å². The topological polar surface area (TPSA) is 75.2 Å². The van der Waals surface area contributed by atoms with Crippen LogP contribution in [0.25, 0.3) is 21.9 Å². The number of aromatic amines is 1. The third-order valence-electron chi connectivity index (χ3n) is 4.07. The predicted octanol–water partition coefficient (Wildman–Crippen LogP) is 3.66. The first-order valence-electron chi connectivity index (χ1n) is 7.45. The van der Waals surface area contributed by atoms with Gasteiger partial charge in [0.15, 0.2) is 5.78 Å². The lowest BCUT2D eigenvalue weighted by Crippen LogP contribution is -2.02. The highest BCUT2D eigenvalue weighted by Crippen LogP contribution is 2.28. The minimum Gasteiger partial charge on any atom is -0.507 e. The van der Waals surface area contributed by atoms with Crippen LogP contribution in [0, 0.1) is 0 Å². The van der Waals surface area contributed by atoms with Crippen LogP contribution in [-0.4, -0.2) is 28.0 Å². The molecule has 0 aliphatic carbocycles. The van der Waals surface area contributed by atoms with E-state index in [1.165, 1.54) is 19.4 Å². The SMILES string of the molecule is COc1ccc(C(=O)c2cnc3[nH]c4ccccc4c3c2)c(O)c1. The molecule has 4 rings (SSSR count). The lowest BCUT2D eigenvalue weighted by atomic mass is 10.0. The van der Waals surface area contributed by atoms with Crippen LogP contribution in [0.5, 0.6) is 11.5 Å². The Bertz CT molecular complexity index is 1080. The van der Waals surface area contributed by atoms with E-state index in [9.17, 15) is 9.90 Å². The van der Waals surface area contributed by atoms with Crippen LogP contribution in [0.1, 0.15) is 15.9 Å². The Balaban J connectivity index is 1.83. The average molecular weight is 318 g/mol. The maximum absolute atomic E-state index is 12.7. The van der Waals surface area contributed by atoms with Crippen LogP contribution in [0.4, 0.5) is 0 Å². The molecule has 2 N–H and O–H groups in total. The normalized spacial score (nSPS) is 11.0. The number of carbonyl (C=O) groups excluding carboxylic acids is 1. The maximum Gasteiger partial charge on any atom is 0.198 e. The van der Waals surface area contributed by atoms with Crippen molar-refractivity contribution in [2.24, 2.45) is 0 Å². The molecule has 5 nitrogen and oxygen atoms in total. The van der Waals surface area contributed by atoms with Crippen molar-refractivity contribution in [3.05, 3.63) is 65.9 Å². The molecule has 4 aromatic rings. The number of aromatic hydroxyl groups is 1. The summed E-state index contributed by atoms with van der Waals surface area (Å²) in [5.41, 5.74) is 2.34. The minimum atomic E-state index is -0.283. The van der Waals surface area contributed by atoms with Crippen molar-refractivity contribution >= 4 is 27.7 Å². The number of nitrogens with zero attached hydrogens (tertiary/aromatic N) is 1. The second-order valence-corrected chi connectivity index (χ2v) is 5.50. The standard InChI is InChI=1S/C19H14N2O3/c1-24-12-6-7-14(17(22)9-12)18(23)11-8-15-13-4-2-3-5-16(13)21-19(15)20-10-11/h2-10,22H,1H3,(H,20,21). The number of rotatable bonds is 3. The molecule has 0 atom stereocenters. The van der Waals surface area contributed by atoms with Gasteiger partial charge in [0.05, 0.1) is 12.7 Å². The number of carbonyl (C=O) groups is 1. The van der Waals surface area contributed by atoms with E-state index in [2.05, 4.69) is 9.97 Å². The Kier molecular flexibility index (Phi) is 3.20. The molecule has 0 bridgehead atoms. The maximum atomic E-state index is 12.7. The first-order chi connectivity index (χ1) is 11.7. The van der Waals surface area contributed by atoms with E-state index in [1.807, 2.05) is 24.3 Å². The minimum absolute atomic E-state index is 0.113. The Morgan fingerprint density at radius 3 is 2.75 bits per heavy atom. The monoisotopic (exact) mass is 318 g/mol. The summed E-state index contributed by atoms with van der Waals surface area (Å²) in [4.78, 5) is 20.3. The summed E-state index contributed by atoms with van der Waals surface area (Å²) in [5, 5.41) is 12.0. The molecule has 2 aromatic carbocycles. The Hall–Kier alpha value is -3.34. The molecule has 0 aliphatic rings. The van der Waals surface area contributed by atoms with Gasteiger partial charge in [-0.05, 0) is 24.3 Å². The van der Waals surface area contributed by atoms with E-state index in [-0.39, 0.29) is 17.1 Å². The van der Waals surface area contributed by atoms with Crippen molar-refractivity contribution in [3.8, 4) is 11.5 Å². The number of phenols is 1. The Morgan fingerprint density at radius 1 is 1.12 bits per heavy atom. The highest BCUT2D eigenvalue weighted by molar-refractivity contribution is 6.14. The van der Waals surface area contributed by atoms with E-state index >= 15 is 0 Å². The number of H-pyrrole nitrogens is 1. The third-order valence-corrected chi connectivity index (χ3v) is 4.07. The van der Waals surface area contributed by atoms with Crippen LogP contribution in [0.15, 0.2) is 54.7 Å². The summed E-state index contributed by atoms with van der Waals surface area (Å²) in [6.07, 6.45) is 1.52. The fourth-order valence-corrected chi connectivity index (χ4v) is 2.83. The summed E-state index contributed by atoms with van der Waals surface area (Å²) in [7, 11) is 1.51. The third kappa shape index (κ3) is 2.18. The second kappa shape index (κ2) is 5.38. The zero-order chi connectivity index (χ0) is 16.7. The van der Waals surface area contributed by atoms with E-state index < -0.39 is 0 Å². The lowest BCUT2D eigenvalue weighted by Gasteiger charge is -2.06. The van der Waals surface area contributed by atoms with Crippen LogP contribution in [-0.2, 0) is 0 Å². The van der Waals surface area contributed by atoms with E-state index in [0.29, 0.717) is 11.3 Å². The Morgan fingerprint density at radius 2 is 1.96 bits per heavy atom. The largest absolute Gasteiger partial charge is 0.507 e. The predicted molar refractivity (Wildman–Crippen MR) is 91.7 cm³/mol. The number of fused-ring (bicyclic) bond motifs is 3. The number of para-hydroxylation sites is 1. The molecule has 2 aromatic heterocycles. The summed E-state index contributed by atoms with van der Waals surface area (Å²) in [5.74, 6) is 0.0995. The molecule has 0 aliphatic heterocycles. The quantitative estimate of drug-likeness (QED) is 0.565. The molecule has 0 radical (unpaired) electrons. The fraction of sp³-hybridized carbons (Fsp3) is 0.0526. The number of aromatic nitrogens is 2. The van der Waals surface area contributed by atoms with E-state index in [1.54, 1.807) is 18.2 Å². The molecule has 0 spiro atoms. The van der Waals surface area contributed by atoms with Gasteiger partial charge in [-0.3, -0.25) is 4.79 Å². The van der Waals surface area contributed by atoms with Gasteiger partial charge in [-0.15, -0.1) is 0 Å². The molecule has 2 heterocycles. The van der Waals surface area contributed by atoms with Crippen LogP contribution in [0.3, 0.4) is 0 Å². The lowest BCUT2D eigenvalue weighted by molar-refractivity contribution is 0.103. The number of pyridine rings is 1. The Labute approximate surface area is 137 Å². The summed E-state index contributed by atoms with van der Waals surface area (Å²) >= 11 is 0.